The Kier molecular flexibility index (Phi) is 5.16. The summed E-state index contributed by atoms with van der Waals surface area (Å²) in [5.41, 5.74) is 1.19. The van der Waals surface area contributed by atoms with Crippen LogP contribution in [0.3, 0.4) is 0 Å². The molecule has 2 atom stereocenters. The molecule has 1 amide bonds. The zero-order chi connectivity index (χ0) is 15.2. The molecule has 114 valence electrons. The Morgan fingerprint density at radius 3 is 2.67 bits per heavy atom. The topological polar surface area (TPSA) is 84.9 Å². The molecule has 0 saturated carbocycles. The fraction of sp³-hybridized carbons (Fsp3) is 0.467. The molecule has 1 aromatic rings. The molecular weight excluding hydrogens is 274 g/mol. The molecule has 0 radical (unpaired) electrons. The van der Waals surface area contributed by atoms with E-state index in [0.717, 1.165) is 6.42 Å². The van der Waals surface area contributed by atoms with Crippen LogP contribution in [0.5, 0.6) is 5.75 Å². The number of carboxylic acid groups (broad SMARTS) is 1. The highest BCUT2D eigenvalue weighted by Crippen LogP contribution is 2.14. The van der Waals surface area contributed by atoms with Gasteiger partial charge in [0, 0.05) is 0 Å². The maximum absolute atomic E-state index is 11.8. The van der Waals surface area contributed by atoms with E-state index in [9.17, 15) is 9.59 Å². The van der Waals surface area contributed by atoms with E-state index in [2.05, 4.69) is 12.2 Å². The molecule has 0 aromatic heterocycles. The van der Waals surface area contributed by atoms with Crippen molar-refractivity contribution in [1.29, 1.82) is 0 Å². The Bertz CT molecular complexity index is 499. The van der Waals surface area contributed by atoms with Crippen molar-refractivity contribution in [3.8, 4) is 5.75 Å². The predicted molar refractivity (Wildman–Crippen MR) is 75.2 cm³/mol. The number of carbonyl (C=O) groups excluding carboxylic acids is 1. The average molecular weight is 293 g/mol. The van der Waals surface area contributed by atoms with Crippen LogP contribution in [0.1, 0.15) is 12.5 Å². The predicted octanol–water partition coefficient (Wildman–Crippen LogP) is 0.844. The van der Waals surface area contributed by atoms with Gasteiger partial charge in [0.15, 0.2) is 6.61 Å². The maximum atomic E-state index is 11.8. The molecule has 0 bridgehead atoms. The van der Waals surface area contributed by atoms with Gasteiger partial charge >= 0.3 is 5.97 Å². The molecule has 6 heteroatoms. The number of hydrogen-bond donors (Lipinski definition) is 2. The van der Waals surface area contributed by atoms with Crippen LogP contribution in [-0.2, 0) is 20.7 Å². The summed E-state index contributed by atoms with van der Waals surface area (Å²) in [6, 6.07) is 7.01. The summed E-state index contributed by atoms with van der Waals surface area (Å²) in [7, 11) is 0. The van der Waals surface area contributed by atoms with Crippen molar-refractivity contribution in [1.82, 2.24) is 5.32 Å². The molecule has 21 heavy (non-hydrogen) atoms. The van der Waals surface area contributed by atoms with Gasteiger partial charge in [-0.1, -0.05) is 19.1 Å². The van der Waals surface area contributed by atoms with Crippen LogP contribution >= 0.6 is 0 Å². The minimum absolute atomic E-state index is 0.125. The van der Waals surface area contributed by atoms with E-state index < -0.39 is 17.9 Å². The van der Waals surface area contributed by atoms with Crippen LogP contribution in [0.15, 0.2) is 24.3 Å². The molecular formula is C15H19NO5. The highest BCUT2D eigenvalue weighted by molar-refractivity contribution is 5.79. The van der Waals surface area contributed by atoms with Crippen molar-refractivity contribution in [2.45, 2.75) is 19.4 Å². The van der Waals surface area contributed by atoms with Gasteiger partial charge in [-0.05, 0) is 24.1 Å². The molecule has 2 N–H and O–H groups in total. The van der Waals surface area contributed by atoms with Crippen molar-refractivity contribution in [3.05, 3.63) is 29.8 Å². The lowest BCUT2D eigenvalue weighted by Crippen LogP contribution is -2.44. The van der Waals surface area contributed by atoms with Crippen LogP contribution in [0, 0.1) is 5.92 Å². The van der Waals surface area contributed by atoms with E-state index in [1.807, 2.05) is 24.3 Å². The second-order valence-corrected chi connectivity index (χ2v) is 4.94. The largest absolute Gasteiger partial charge is 0.484 e. The number of amides is 1. The molecule has 1 saturated heterocycles. The lowest BCUT2D eigenvalue weighted by atomic mass is 10.0. The van der Waals surface area contributed by atoms with Gasteiger partial charge in [0.1, 0.15) is 11.7 Å². The Morgan fingerprint density at radius 1 is 1.33 bits per heavy atom. The SMILES string of the molecule is CCc1ccc(OCC(=O)NC2COCC2C(=O)O)cc1. The van der Waals surface area contributed by atoms with Gasteiger partial charge in [0.2, 0.25) is 0 Å². The van der Waals surface area contributed by atoms with Crippen molar-refractivity contribution in [2.24, 2.45) is 5.92 Å². The molecule has 0 spiro atoms. The van der Waals surface area contributed by atoms with Gasteiger partial charge in [-0.15, -0.1) is 0 Å². The smallest absolute Gasteiger partial charge is 0.311 e. The molecule has 0 aliphatic carbocycles. The quantitative estimate of drug-likeness (QED) is 0.812. The van der Waals surface area contributed by atoms with Crippen LogP contribution in [-0.4, -0.2) is 42.8 Å². The van der Waals surface area contributed by atoms with E-state index in [4.69, 9.17) is 14.6 Å². The van der Waals surface area contributed by atoms with Crippen molar-refractivity contribution < 1.29 is 24.2 Å². The highest BCUT2D eigenvalue weighted by atomic mass is 16.5. The van der Waals surface area contributed by atoms with E-state index in [-0.39, 0.29) is 25.7 Å². The summed E-state index contributed by atoms with van der Waals surface area (Å²) in [6.45, 7) is 2.26. The van der Waals surface area contributed by atoms with Crippen LogP contribution < -0.4 is 10.1 Å². The van der Waals surface area contributed by atoms with Gasteiger partial charge in [0.25, 0.3) is 5.91 Å². The first-order chi connectivity index (χ1) is 10.1. The number of carboxylic acids is 1. The molecule has 1 aliphatic rings. The fourth-order valence-electron chi connectivity index (χ4n) is 2.16. The first kappa shape index (κ1) is 15.3. The lowest BCUT2D eigenvalue weighted by molar-refractivity contribution is -0.142. The molecule has 1 aromatic carbocycles. The Labute approximate surface area is 123 Å². The van der Waals surface area contributed by atoms with Gasteiger partial charge in [-0.2, -0.15) is 0 Å². The zero-order valence-electron chi connectivity index (χ0n) is 11.9. The number of aliphatic carboxylic acids is 1. The molecule has 2 rings (SSSR count). The normalized spacial score (nSPS) is 21.0. The second kappa shape index (κ2) is 7.08. The molecule has 1 aliphatic heterocycles. The monoisotopic (exact) mass is 293 g/mol. The van der Waals surface area contributed by atoms with Gasteiger partial charge in [-0.3, -0.25) is 9.59 Å². The van der Waals surface area contributed by atoms with E-state index in [1.54, 1.807) is 0 Å². The number of benzene rings is 1. The first-order valence-electron chi connectivity index (χ1n) is 6.91. The Balaban J connectivity index is 1.80. The van der Waals surface area contributed by atoms with Crippen molar-refractivity contribution >= 4 is 11.9 Å². The number of nitrogens with one attached hydrogen (secondary N) is 1. The Morgan fingerprint density at radius 2 is 2.05 bits per heavy atom. The van der Waals surface area contributed by atoms with E-state index in [0.29, 0.717) is 5.75 Å². The fourth-order valence-corrected chi connectivity index (χ4v) is 2.16. The number of aryl methyl sites for hydroxylation is 1. The molecule has 6 nitrogen and oxygen atoms in total. The lowest BCUT2D eigenvalue weighted by Gasteiger charge is -2.15. The van der Waals surface area contributed by atoms with E-state index in [1.165, 1.54) is 5.56 Å². The Hall–Kier alpha value is -2.08. The van der Waals surface area contributed by atoms with Crippen LogP contribution in [0.4, 0.5) is 0 Å². The molecule has 2 unspecified atom stereocenters. The summed E-state index contributed by atoms with van der Waals surface area (Å²) >= 11 is 0. The van der Waals surface area contributed by atoms with Crippen LogP contribution in [0.2, 0.25) is 0 Å². The number of hydrogen-bond acceptors (Lipinski definition) is 4. The third kappa shape index (κ3) is 4.19. The van der Waals surface area contributed by atoms with Crippen LogP contribution in [0.25, 0.3) is 0 Å². The average Bonchev–Trinajstić information content (AvgIpc) is 2.94. The summed E-state index contributed by atoms with van der Waals surface area (Å²) in [4.78, 5) is 22.7. The minimum atomic E-state index is -0.964. The molecule has 1 heterocycles. The standard InChI is InChI=1S/C15H19NO5/c1-2-10-3-5-11(6-4-10)21-9-14(17)16-13-8-20-7-12(13)15(18)19/h3-6,12-13H,2,7-9H2,1H3,(H,16,17)(H,18,19). The minimum Gasteiger partial charge on any atom is -0.484 e. The number of rotatable bonds is 6. The van der Waals surface area contributed by atoms with Crippen molar-refractivity contribution in [3.63, 3.8) is 0 Å². The maximum Gasteiger partial charge on any atom is 0.311 e. The third-order valence-corrected chi connectivity index (χ3v) is 3.45. The summed E-state index contributed by atoms with van der Waals surface area (Å²) in [6.07, 6.45) is 0.943. The summed E-state index contributed by atoms with van der Waals surface area (Å²) < 4.78 is 10.5. The van der Waals surface area contributed by atoms with Gasteiger partial charge < -0.3 is 19.9 Å². The molecule has 1 fully saturated rings. The van der Waals surface area contributed by atoms with Crippen molar-refractivity contribution in [2.75, 3.05) is 19.8 Å². The number of carbonyl (C=O) groups is 2. The third-order valence-electron chi connectivity index (χ3n) is 3.45. The number of ether oxygens (including phenoxy) is 2. The summed E-state index contributed by atoms with van der Waals surface area (Å²) in [5, 5.41) is 11.6. The van der Waals surface area contributed by atoms with E-state index >= 15 is 0 Å². The zero-order valence-corrected chi connectivity index (χ0v) is 11.9. The first-order valence-corrected chi connectivity index (χ1v) is 6.91. The second-order valence-electron chi connectivity index (χ2n) is 4.94. The van der Waals surface area contributed by atoms with Gasteiger partial charge in [-0.25, -0.2) is 0 Å². The summed E-state index contributed by atoms with van der Waals surface area (Å²) in [5.74, 6) is -1.40. The van der Waals surface area contributed by atoms with Gasteiger partial charge in [0.05, 0.1) is 19.3 Å². The highest BCUT2D eigenvalue weighted by Gasteiger charge is 2.34.